The summed E-state index contributed by atoms with van der Waals surface area (Å²) in [5.41, 5.74) is 0. The number of rotatable bonds is 5. The fourth-order valence-electron chi connectivity index (χ4n) is 1.68. The van der Waals surface area contributed by atoms with Crippen LogP contribution in [0.3, 0.4) is 0 Å². The van der Waals surface area contributed by atoms with E-state index in [0.29, 0.717) is 9.35 Å². The van der Waals surface area contributed by atoms with Gasteiger partial charge in [0.05, 0.1) is 12.0 Å². The van der Waals surface area contributed by atoms with Gasteiger partial charge in [0.1, 0.15) is 16.4 Å². The molecule has 0 aliphatic rings. The first-order valence-electron chi connectivity index (χ1n) is 5.57. The lowest BCUT2D eigenvalue weighted by molar-refractivity contribution is 0.102. The molecule has 106 valence electrons. The first-order valence-corrected chi connectivity index (χ1v) is 8.90. The van der Waals surface area contributed by atoms with Crippen LogP contribution in [-0.4, -0.2) is 27.1 Å². The summed E-state index contributed by atoms with van der Waals surface area (Å²) in [7, 11) is -2.34. The van der Waals surface area contributed by atoms with Crippen LogP contribution in [0, 0.1) is 0 Å². The minimum Gasteiger partial charge on any atom is -0.495 e. The van der Waals surface area contributed by atoms with Crippen molar-refractivity contribution in [2.24, 2.45) is 0 Å². The second-order valence-corrected chi connectivity index (χ2v) is 7.66. The van der Waals surface area contributed by atoms with Gasteiger partial charge in [0.2, 0.25) is 0 Å². The molecule has 0 atom stereocenters. The third-order valence-corrected chi connectivity index (χ3v) is 6.12. The maximum absolute atomic E-state index is 12.3. The summed E-state index contributed by atoms with van der Waals surface area (Å²) in [5.74, 6) is -0.768. The lowest BCUT2D eigenvalue weighted by Crippen LogP contribution is -2.16. The Morgan fingerprint density at radius 3 is 2.60 bits per heavy atom. The van der Waals surface area contributed by atoms with Crippen LogP contribution in [0.1, 0.15) is 9.67 Å². The van der Waals surface area contributed by atoms with Gasteiger partial charge in [-0.2, -0.15) is 0 Å². The maximum Gasteiger partial charge on any atom is 0.189 e. The van der Waals surface area contributed by atoms with Crippen LogP contribution in [0.2, 0.25) is 0 Å². The Kier molecular flexibility index (Phi) is 4.62. The number of methoxy groups -OCH3 is 1. The van der Waals surface area contributed by atoms with Crippen molar-refractivity contribution in [2.75, 3.05) is 12.9 Å². The van der Waals surface area contributed by atoms with Gasteiger partial charge in [-0.05, 0) is 39.5 Å². The van der Waals surface area contributed by atoms with Gasteiger partial charge in [-0.15, -0.1) is 11.3 Å². The van der Waals surface area contributed by atoms with Crippen LogP contribution >= 0.6 is 27.3 Å². The number of sulfone groups is 1. The monoisotopic (exact) mass is 374 g/mol. The Hall–Kier alpha value is -1.18. The average molecular weight is 375 g/mol. The lowest BCUT2D eigenvalue weighted by atomic mass is 10.3. The lowest BCUT2D eigenvalue weighted by Gasteiger charge is -2.08. The minimum absolute atomic E-state index is 0.0310. The molecule has 0 spiro atoms. The smallest absolute Gasteiger partial charge is 0.189 e. The zero-order chi connectivity index (χ0) is 14.8. The highest BCUT2D eigenvalue weighted by Crippen LogP contribution is 2.27. The molecule has 1 aromatic carbocycles. The van der Waals surface area contributed by atoms with E-state index in [2.05, 4.69) is 15.9 Å². The summed E-state index contributed by atoms with van der Waals surface area (Å²) in [6.07, 6.45) is 0. The van der Waals surface area contributed by atoms with E-state index in [-0.39, 0.29) is 10.6 Å². The third-order valence-electron chi connectivity index (χ3n) is 2.60. The van der Waals surface area contributed by atoms with E-state index in [1.54, 1.807) is 29.6 Å². The average Bonchev–Trinajstić information content (AvgIpc) is 2.84. The number of para-hydroxylation sites is 1. The van der Waals surface area contributed by atoms with Crippen molar-refractivity contribution < 1.29 is 17.9 Å². The summed E-state index contributed by atoms with van der Waals surface area (Å²) in [5, 5.41) is 1.73. The van der Waals surface area contributed by atoms with E-state index in [9.17, 15) is 13.2 Å². The van der Waals surface area contributed by atoms with Crippen molar-refractivity contribution in [2.45, 2.75) is 4.90 Å². The zero-order valence-corrected chi connectivity index (χ0v) is 13.7. The molecule has 0 unspecified atom stereocenters. The molecular weight excluding hydrogens is 364 g/mol. The molecule has 2 rings (SSSR count). The standard InChI is InChI=1S/C13H11BrO4S2/c1-18-11-4-2-3-5-12(11)20(16,17)8-10(15)13-9(14)6-7-19-13/h2-7H,8H2,1H3. The number of carbonyl (C=O) groups excluding carboxylic acids is 1. The number of ketones is 1. The number of benzene rings is 1. The van der Waals surface area contributed by atoms with Gasteiger partial charge in [0.15, 0.2) is 15.6 Å². The summed E-state index contributed by atoms with van der Waals surface area (Å²) < 4.78 is 30.3. The molecule has 0 saturated heterocycles. The quantitative estimate of drug-likeness (QED) is 0.754. The molecule has 0 saturated carbocycles. The van der Waals surface area contributed by atoms with Crippen LogP contribution in [0.5, 0.6) is 5.75 Å². The molecule has 0 radical (unpaired) electrons. The van der Waals surface area contributed by atoms with Gasteiger partial charge in [-0.1, -0.05) is 12.1 Å². The molecule has 0 amide bonds. The first kappa shape index (κ1) is 15.2. The largest absolute Gasteiger partial charge is 0.495 e. The summed E-state index contributed by atoms with van der Waals surface area (Å²) in [4.78, 5) is 12.5. The number of hydrogen-bond donors (Lipinski definition) is 0. The number of Topliss-reactive ketones (excluding diaryl/α,β-unsaturated/α-hetero) is 1. The Bertz CT molecular complexity index is 734. The minimum atomic E-state index is -3.73. The van der Waals surface area contributed by atoms with Crippen molar-refractivity contribution in [1.82, 2.24) is 0 Å². The van der Waals surface area contributed by atoms with E-state index in [4.69, 9.17) is 4.74 Å². The van der Waals surface area contributed by atoms with Crippen LogP contribution in [0.25, 0.3) is 0 Å². The highest BCUT2D eigenvalue weighted by atomic mass is 79.9. The van der Waals surface area contributed by atoms with Crippen molar-refractivity contribution in [3.63, 3.8) is 0 Å². The molecule has 0 aliphatic carbocycles. The topological polar surface area (TPSA) is 60.4 Å². The zero-order valence-electron chi connectivity index (χ0n) is 10.5. The molecule has 7 heteroatoms. The number of carbonyl (C=O) groups is 1. The SMILES string of the molecule is COc1ccccc1S(=O)(=O)CC(=O)c1sccc1Br. The summed E-state index contributed by atoms with van der Waals surface area (Å²) >= 11 is 4.44. The molecule has 2 aromatic rings. The summed E-state index contributed by atoms with van der Waals surface area (Å²) in [6.45, 7) is 0. The van der Waals surface area contributed by atoms with Gasteiger partial charge in [0.25, 0.3) is 0 Å². The Balaban J connectivity index is 2.33. The molecule has 1 heterocycles. The number of halogens is 1. The van der Waals surface area contributed by atoms with Crippen LogP contribution in [-0.2, 0) is 9.84 Å². The molecule has 0 bridgehead atoms. The number of thiophene rings is 1. The molecule has 20 heavy (non-hydrogen) atoms. The van der Waals surface area contributed by atoms with Gasteiger partial charge in [-0.25, -0.2) is 8.42 Å². The van der Waals surface area contributed by atoms with Gasteiger partial charge < -0.3 is 4.74 Å². The van der Waals surface area contributed by atoms with Crippen molar-refractivity contribution >= 4 is 42.9 Å². The van der Waals surface area contributed by atoms with Gasteiger partial charge >= 0.3 is 0 Å². The van der Waals surface area contributed by atoms with E-state index in [1.165, 1.54) is 24.5 Å². The highest BCUT2D eigenvalue weighted by molar-refractivity contribution is 9.10. The molecule has 4 nitrogen and oxygen atoms in total. The molecule has 0 aliphatic heterocycles. The van der Waals surface area contributed by atoms with Crippen molar-refractivity contribution in [3.05, 3.63) is 45.1 Å². The molecular formula is C13H11BrO4S2. The van der Waals surface area contributed by atoms with E-state index in [0.717, 1.165) is 0 Å². The van der Waals surface area contributed by atoms with Crippen molar-refractivity contribution in [3.8, 4) is 5.75 Å². The molecule has 0 fully saturated rings. The third kappa shape index (κ3) is 3.11. The Morgan fingerprint density at radius 1 is 1.30 bits per heavy atom. The van der Waals surface area contributed by atoms with Crippen LogP contribution in [0.4, 0.5) is 0 Å². The normalized spacial score (nSPS) is 11.3. The van der Waals surface area contributed by atoms with E-state index < -0.39 is 21.4 Å². The molecule has 0 N–H and O–H groups in total. The fraction of sp³-hybridized carbons (Fsp3) is 0.154. The Labute approximate surface area is 129 Å². The first-order chi connectivity index (χ1) is 9.45. The maximum atomic E-state index is 12.3. The summed E-state index contributed by atoms with van der Waals surface area (Å²) in [6, 6.07) is 7.98. The molecule has 1 aromatic heterocycles. The van der Waals surface area contributed by atoms with Gasteiger partial charge in [0, 0.05) is 4.47 Å². The van der Waals surface area contributed by atoms with E-state index >= 15 is 0 Å². The predicted octanol–water partition coefficient (Wildman–Crippen LogP) is 3.18. The number of hydrogen-bond acceptors (Lipinski definition) is 5. The predicted molar refractivity (Wildman–Crippen MR) is 81.4 cm³/mol. The van der Waals surface area contributed by atoms with Crippen LogP contribution in [0.15, 0.2) is 45.1 Å². The van der Waals surface area contributed by atoms with E-state index in [1.807, 2.05) is 0 Å². The highest BCUT2D eigenvalue weighted by Gasteiger charge is 2.25. The van der Waals surface area contributed by atoms with Gasteiger partial charge in [-0.3, -0.25) is 4.79 Å². The van der Waals surface area contributed by atoms with Crippen molar-refractivity contribution in [1.29, 1.82) is 0 Å². The second kappa shape index (κ2) is 6.07. The Morgan fingerprint density at radius 2 is 2.00 bits per heavy atom. The fourth-order valence-corrected chi connectivity index (χ4v) is 4.70. The van der Waals surface area contributed by atoms with Crippen LogP contribution < -0.4 is 4.74 Å². The number of ether oxygens (including phenoxy) is 1. The second-order valence-electron chi connectivity index (χ2n) is 3.93.